The fraction of sp³-hybridized carbons (Fsp3) is 1.00. The Hall–Kier alpha value is -0.120. The molecule has 3 nitrogen and oxygen atoms in total. The molecule has 0 aromatic carbocycles. The Morgan fingerprint density at radius 2 is 1.88 bits per heavy atom. The van der Waals surface area contributed by atoms with Crippen LogP contribution >= 0.6 is 0 Å². The first-order chi connectivity index (χ1) is 7.70. The van der Waals surface area contributed by atoms with E-state index in [1.54, 1.807) is 7.11 Å². The molecule has 1 N–H and O–H groups in total. The first kappa shape index (κ1) is 15.9. The van der Waals surface area contributed by atoms with Crippen molar-refractivity contribution in [3.05, 3.63) is 0 Å². The van der Waals surface area contributed by atoms with E-state index < -0.39 is 0 Å². The molecule has 16 heavy (non-hydrogen) atoms. The van der Waals surface area contributed by atoms with E-state index in [0.717, 1.165) is 32.1 Å². The van der Waals surface area contributed by atoms with Crippen molar-refractivity contribution in [2.45, 2.75) is 46.1 Å². The highest BCUT2D eigenvalue weighted by molar-refractivity contribution is 4.63. The van der Waals surface area contributed by atoms with Gasteiger partial charge in [-0.2, -0.15) is 0 Å². The molecule has 0 aliphatic heterocycles. The van der Waals surface area contributed by atoms with Crippen molar-refractivity contribution in [1.82, 2.24) is 5.32 Å². The Bertz CT molecular complexity index is 140. The summed E-state index contributed by atoms with van der Waals surface area (Å²) in [5.41, 5.74) is 0. The van der Waals surface area contributed by atoms with Crippen LogP contribution in [-0.4, -0.2) is 39.5 Å². The van der Waals surface area contributed by atoms with Crippen LogP contribution in [-0.2, 0) is 9.47 Å². The molecule has 0 aliphatic rings. The summed E-state index contributed by atoms with van der Waals surface area (Å²) in [7, 11) is 1.70. The summed E-state index contributed by atoms with van der Waals surface area (Å²) in [5, 5.41) is 3.50. The lowest BCUT2D eigenvalue weighted by Gasteiger charge is -2.17. The van der Waals surface area contributed by atoms with Crippen LogP contribution < -0.4 is 5.32 Å². The minimum Gasteiger partial charge on any atom is -0.382 e. The third-order valence-electron chi connectivity index (χ3n) is 2.72. The maximum absolute atomic E-state index is 5.45. The van der Waals surface area contributed by atoms with Gasteiger partial charge in [0.15, 0.2) is 0 Å². The maximum atomic E-state index is 5.45. The smallest absolute Gasteiger partial charge is 0.0700 e. The van der Waals surface area contributed by atoms with Gasteiger partial charge in [-0.1, -0.05) is 27.2 Å². The zero-order chi connectivity index (χ0) is 12.2. The van der Waals surface area contributed by atoms with Crippen LogP contribution in [0.2, 0.25) is 0 Å². The predicted octanol–water partition coefficient (Wildman–Crippen LogP) is 2.45. The lowest BCUT2D eigenvalue weighted by Crippen LogP contribution is -2.28. The lowest BCUT2D eigenvalue weighted by atomic mass is 10.0. The van der Waals surface area contributed by atoms with Crippen molar-refractivity contribution in [3.8, 4) is 0 Å². The minimum atomic E-state index is 0.590. The molecule has 0 spiro atoms. The summed E-state index contributed by atoms with van der Waals surface area (Å²) in [6.07, 6.45) is 3.66. The van der Waals surface area contributed by atoms with Gasteiger partial charge < -0.3 is 14.8 Å². The van der Waals surface area contributed by atoms with E-state index in [9.17, 15) is 0 Å². The molecule has 0 bridgehead atoms. The quantitative estimate of drug-likeness (QED) is 0.554. The largest absolute Gasteiger partial charge is 0.382 e. The van der Waals surface area contributed by atoms with Gasteiger partial charge in [0.25, 0.3) is 0 Å². The van der Waals surface area contributed by atoms with E-state index in [1.807, 2.05) is 0 Å². The van der Waals surface area contributed by atoms with E-state index in [4.69, 9.17) is 9.47 Å². The fourth-order valence-corrected chi connectivity index (χ4v) is 1.57. The second-order valence-electron chi connectivity index (χ2n) is 4.58. The molecule has 1 atom stereocenters. The summed E-state index contributed by atoms with van der Waals surface area (Å²) in [6, 6.07) is 0.590. The summed E-state index contributed by atoms with van der Waals surface area (Å²) in [5.74, 6) is 0.786. The molecule has 0 aromatic heterocycles. The van der Waals surface area contributed by atoms with Gasteiger partial charge in [-0.3, -0.25) is 0 Å². The Morgan fingerprint density at radius 3 is 2.44 bits per heavy atom. The molecule has 0 rings (SSSR count). The van der Waals surface area contributed by atoms with Crippen LogP contribution in [0.25, 0.3) is 0 Å². The minimum absolute atomic E-state index is 0.590. The average molecular weight is 231 g/mol. The van der Waals surface area contributed by atoms with Crippen LogP contribution in [0.15, 0.2) is 0 Å². The van der Waals surface area contributed by atoms with E-state index in [1.165, 1.54) is 12.8 Å². The summed E-state index contributed by atoms with van der Waals surface area (Å²) < 4.78 is 10.4. The highest BCUT2D eigenvalue weighted by atomic mass is 16.5. The topological polar surface area (TPSA) is 30.5 Å². The Morgan fingerprint density at radius 1 is 1.12 bits per heavy atom. The molecule has 0 fully saturated rings. The molecule has 98 valence electrons. The van der Waals surface area contributed by atoms with Gasteiger partial charge in [-0.25, -0.2) is 0 Å². The average Bonchev–Trinajstić information content (AvgIpc) is 2.27. The number of hydrogen-bond acceptors (Lipinski definition) is 3. The van der Waals surface area contributed by atoms with Crippen LogP contribution in [0, 0.1) is 5.92 Å². The van der Waals surface area contributed by atoms with Gasteiger partial charge in [0.1, 0.15) is 0 Å². The van der Waals surface area contributed by atoms with Gasteiger partial charge in [-0.15, -0.1) is 0 Å². The number of methoxy groups -OCH3 is 1. The molecule has 0 radical (unpaired) electrons. The third kappa shape index (κ3) is 10.4. The number of ether oxygens (including phenoxy) is 2. The fourth-order valence-electron chi connectivity index (χ4n) is 1.57. The van der Waals surface area contributed by atoms with Crippen molar-refractivity contribution in [2.24, 2.45) is 5.92 Å². The van der Waals surface area contributed by atoms with E-state index in [-0.39, 0.29) is 0 Å². The first-order valence-corrected chi connectivity index (χ1v) is 6.50. The van der Waals surface area contributed by atoms with Gasteiger partial charge in [0.2, 0.25) is 0 Å². The molecular weight excluding hydrogens is 202 g/mol. The summed E-state index contributed by atoms with van der Waals surface area (Å²) in [6.45, 7) is 10.1. The van der Waals surface area contributed by atoms with Crippen LogP contribution in [0.4, 0.5) is 0 Å². The molecule has 0 aromatic rings. The zero-order valence-corrected chi connectivity index (χ0v) is 11.4. The van der Waals surface area contributed by atoms with Crippen LogP contribution in [0.5, 0.6) is 0 Å². The highest BCUT2D eigenvalue weighted by Crippen LogP contribution is 2.10. The predicted molar refractivity (Wildman–Crippen MR) is 68.8 cm³/mol. The molecule has 0 saturated carbocycles. The van der Waals surface area contributed by atoms with E-state index >= 15 is 0 Å². The number of hydrogen-bond donors (Lipinski definition) is 1. The Balaban J connectivity index is 3.33. The molecular formula is C13H29NO2. The highest BCUT2D eigenvalue weighted by Gasteiger charge is 2.06. The summed E-state index contributed by atoms with van der Waals surface area (Å²) >= 11 is 0. The second kappa shape index (κ2) is 11.4. The normalized spacial score (nSPS) is 13.3. The van der Waals surface area contributed by atoms with Crippen LogP contribution in [0.3, 0.4) is 0 Å². The lowest BCUT2D eigenvalue weighted by molar-refractivity contribution is 0.0671. The number of nitrogens with one attached hydrogen (secondary N) is 1. The maximum Gasteiger partial charge on any atom is 0.0700 e. The molecule has 0 amide bonds. The molecule has 1 unspecified atom stereocenters. The van der Waals surface area contributed by atoms with E-state index in [0.29, 0.717) is 12.6 Å². The van der Waals surface area contributed by atoms with Gasteiger partial charge >= 0.3 is 0 Å². The Kier molecular flexibility index (Phi) is 11.3. The first-order valence-electron chi connectivity index (χ1n) is 6.50. The molecule has 0 heterocycles. The van der Waals surface area contributed by atoms with Crippen LogP contribution in [0.1, 0.15) is 40.0 Å². The zero-order valence-electron chi connectivity index (χ0n) is 11.4. The van der Waals surface area contributed by atoms with Crippen molar-refractivity contribution >= 4 is 0 Å². The van der Waals surface area contributed by atoms with Gasteiger partial charge in [0.05, 0.1) is 13.2 Å². The Labute approximate surface area is 101 Å². The van der Waals surface area contributed by atoms with Crippen molar-refractivity contribution in [2.75, 3.05) is 33.5 Å². The van der Waals surface area contributed by atoms with Crippen molar-refractivity contribution in [1.29, 1.82) is 0 Å². The molecule has 3 heteroatoms. The second-order valence-corrected chi connectivity index (χ2v) is 4.58. The van der Waals surface area contributed by atoms with Gasteiger partial charge in [-0.05, 0) is 25.3 Å². The van der Waals surface area contributed by atoms with Crippen molar-refractivity contribution in [3.63, 3.8) is 0 Å². The summed E-state index contributed by atoms with van der Waals surface area (Å²) in [4.78, 5) is 0. The monoisotopic (exact) mass is 231 g/mol. The standard InChI is InChI=1S/C13H29NO2/c1-5-13(11-14-12(2)3)7-6-8-16-10-9-15-4/h12-14H,5-11H2,1-4H3. The van der Waals surface area contributed by atoms with Gasteiger partial charge in [0, 0.05) is 19.8 Å². The molecule has 0 aliphatic carbocycles. The third-order valence-corrected chi connectivity index (χ3v) is 2.72. The van der Waals surface area contributed by atoms with Crippen molar-refractivity contribution < 1.29 is 9.47 Å². The van der Waals surface area contributed by atoms with E-state index in [2.05, 4.69) is 26.1 Å². The number of rotatable bonds is 11. The molecule has 0 saturated heterocycles. The SMILES string of the molecule is CCC(CCCOCCOC)CNC(C)C.